The summed E-state index contributed by atoms with van der Waals surface area (Å²) in [7, 11) is 0.549. The molecule has 0 amide bonds. The predicted molar refractivity (Wildman–Crippen MR) is 237 cm³/mol. The van der Waals surface area contributed by atoms with Crippen LogP contribution in [0.15, 0.2) is 35.7 Å². The summed E-state index contributed by atoms with van der Waals surface area (Å²) in [5.41, 5.74) is 8.73. The van der Waals surface area contributed by atoms with Gasteiger partial charge in [-0.05, 0) is 173 Å². The van der Waals surface area contributed by atoms with Crippen molar-refractivity contribution in [2.45, 2.75) is 83.1 Å². The van der Waals surface area contributed by atoms with E-state index in [-0.39, 0.29) is 73.8 Å². The quantitative estimate of drug-likeness (QED) is 0.0930. The first kappa shape index (κ1) is 63.4. The Kier molecular flexibility index (Phi) is 56.9. The summed E-state index contributed by atoms with van der Waals surface area (Å²) in [6.07, 6.45) is 29.6. The molecule has 1 aromatic rings. The van der Waals surface area contributed by atoms with E-state index in [9.17, 15) is 0 Å². The Morgan fingerprint density at radius 1 is 0.481 bits per heavy atom. The largest absolute Gasteiger partial charge is 0.328 e. The Balaban J connectivity index is -0.000000124. The Morgan fingerprint density at radius 2 is 0.654 bits per heavy atom. The van der Waals surface area contributed by atoms with Crippen LogP contribution in [0.25, 0.3) is 24.3 Å². The molecule has 0 aliphatic heterocycles. The molecule has 0 heterocycles. The minimum Gasteiger partial charge on any atom is -0.328 e. The summed E-state index contributed by atoms with van der Waals surface area (Å²) >= 11 is 0. The van der Waals surface area contributed by atoms with Crippen molar-refractivity contribution in [1.82, 2.24) is 0 Å². The van der Waals surface area contributed by atoms with Crippen LogP contribution in [-0.2, 0) is 42.1 Å². The molecule has 8 nitrogen and oxygen atoms in total. The molecule has 308 valence electrons. The van der Waals surface area contributed by atoms with Gasteiger partial charge in [0.2, 0.25) is 0 Å². The van der Waals surface area contributed by atoms with E-state index in [2.05, 4.69) is 119 Å². The van der Waals surface area contributed by atoms with Crippen molar-refractivity contribution < 1.29 is 62.7 Å². The van der Waals surface area contributed by atoms with E-state index in [0.29, 0.717) is 0 Å². The van der Waals surface area contributed by atoms with Crippen LogP contribution in [0.3, 0.4) is 0 Å². The molecule has 0 fully saturated rings. The van der Waals surface area contributed by atoms with Crippen LogP contribution in [-0.4, -0.2) is 94.5 Å². The van der Waals surface area contributed by atoms with E-state index in [1.165, 1.54) is 95.5 Å². The smallest absolute Gasteiger partial charge is 0.291 e. The first-order valence-electron chi connectivity index (χ1n) is 18.5. The fraction of sp³-hybridized carbons (Fsp3) is 0.632. The van der Waals surface area contributed by atoms with Crippen LogP contribution in [0, 0.1) is 20.2 Å². The van der Waals surface area contributed by atoms with Gasteiger partial charge in [0.15, 0.2) is 0 Å². The first-order chi connectivity index (χ1) is 23.8. The van der Waals surface area contributed by atoms with Gasteiger partial charge in [-0.25, -0.2) is 0 Å². The maximum Gasteiger partial charge on any atom is 0.291 e. The zero-order valence-electron chi connectivity index (χ0n) is 34.2. The average Bonchev–Trinajstić information content (AvgIpc) is 3.12. The van der Waals surface area contributed by atoms with Gasteiger partial charge < -0.3 is 10.4 Å². The minimum absolute atomic E-state index is 0. The molecule has 2 N–H and O–H groups in total. The topological polar surface area (TPSA) is 127 Å². The summed E-state index contributed by atoms with van der Waals surface area (Å²) in [6, 6.07) is 4.29. The van der Waals surface area contributed by atoms with Gasteiger partial charge in [0.05, 0.1) is 73.9 Å². The molecule has 2 aliphatic rings. The number of hydrogen-bond acceptors (Lipinski definition) is 4. The normalized spacial score (nSPS) is 10.3. The van der Waals surface area contributed by atoms with Gasteiger partial charge in [-0.1, -0.05) is 12.1 Å². The zero-order chi connectivity index (χ0) is 39.3. The number of benzene rings is 1. The van der Waals surface area contributed by atoms with Gasteiger partial charge in [-0.2, -0.15) is 0 Å². The van der Waals surface area contributed by atoms with Gasteiger partial charge in [0.25, 0.3) is 10.2 Å². The molecule has 0 bridgehead atoms. The second-order valence-corrected chi connectivity index (χ2v) is 25.6. The van der Waals surface area contributed by atoms with Crippen molar-refractivity contribution in [3.8, 4) is 0 Å². The summed E-state index contributed by atoms with van der Waals surface area (Å²) in [4.78, 5) is 16.7. The van der Waals surface area contributed by atoms with Crippen LogP contribution >= 0.6 is 31.7 Å². The van der Waals surface area contributed by atoms with Crippen LogP contribution in [0.4, 0.5) is 0 Å². The molecular weight excluding hydrogens is 1090 g/mol. The van der Waals surface area contributed by atoms with Crippen molar-refractivity contribution in [2.24, 2.45) is 0 Å². The monoisotopic (exact) mass is 1170 g/mol. The Labute approximate surface area is 351 Å². The van der Waals surface area contributed by atoms with Crippen LogP contribution in [0.5, 0.6) is 0 Å². The fourth-order valence-electron chi connectivity index (χ4n) is 4.82. The van der Waals surface area contributed by atoms with Gasteiger partial charge in [-0.3, -0.25) is 0 Å². The number of rotatable bonds is 12. The van der Waals surface area contributed by atoms with Crippen molar-refractivity contribution in [3.63, 3.8) is 0 Å². The van der Waals surface area contributed by atoms with Gasteiger partial charge >= 0.3 is 0 Å². The van der Waals surface area contributed by atoms with E-state index >= 15 is 0 Å². The average molecular weight is 1170 g/mol. The molecular formula is C38H74N2O6P4Pt2+4. The van der Waals surface area contributed by atoms with Gasteiger partial charge in [-0.15, -0.1) is 31.7 Å². The third-order valence-electron chi connectivity index (χ3n) is 8.53. The Bertz CT molecular complexity index is 1090. The molecule has 2 aliphatic carbocycles. The third-order valence-corrected chi connectivity index (χ3v) is 20.5. The first-order valence-corrected chi connectivity index (χ1v) is 27.0. The predicted octanol–water partition coefficient (Wildman–Crippen LogP) is 9.95. The second-order valence-electron chi connectivity index (χ2n) is 11.1. The van der Waals surface area contributed by atoms with E-state index in [1.807, 2.05) is 24.3 Å². The Morgan fingerprint density at radius 3 is 0.788 bits per heavy atom. The molecule has 3 rings (SSSR count). The molecule has 14 heteroatoms. The zero-order valence-corrected chi connectivity index (χ0v) is 42.7. The van der Waals surface area contributed by atoms with Crippen LogP contribution in [0.2, 0.25) is 0 Å². The molecule has 1 aromatic carbocycles. The minimum atomic E-state index is -1.50. The maximum absolute atomic E-state index is 8.36. The molecule has 52 heavy (non-hydrogen) atoms. The molecule has 0 saturated heterocycles. The second kappa shape index (κ2) is 46.7. The number of hydrogen-bond donors (Lipinski definition) is 2. The van der Waals surface area contributed by atoms with Crippen molar-refractivity contribution in [1.29, 1.82) is 0 Å². The number of nitrogens with zero attached hydrogens (tertiary/aromatic N) is 2. The molecule has 0 aromatic heterocycles. The SMILES string of the molecule is C1=CC=c2ccc3c(c2C=1)C=C=CC=3.CC[PH+](CC)CC.CC[PH+](CC)CC.CC[PH+](CC)CC.CC[PH+](CC)CC.O=[N+]([O-])O.O=[N+]([O-])O.[Pt].[Pt]. The molecule has 0 spiro atoms. The number of allylic oxidation sites excluding steroid dienone is 2. The van der Waals surface area contributed by atoms with E-state index in [4.69, 9.17) is 30.6 Å². The molecule has 0 saturated carbocycles. The van der Waals surface area contributed by atoms with E-state index in [0.717, 1.165) is 0 Å². The number of fused-ring (bicyclic) bond motifs is 3. The van der Waals surface area contributed by atoms with Crippen LogP contribution < -0.4 is 10.4 Å². The third kappa shape index (κ3) is 39.2. The van der Waals surface area contributed by atoms with Crippen molar-refractivity contribution >= 4 is 56.0 Å². The molecule has 0 radical (unpaired) electrons. The van der Waals surface area contributed by atoms with Crippen LogP contribution in [0.1, 0.15) is 94.2 Å². The maximum atomic E-state index is 8.36. The standard InChI is InChI=1S/C14H8.4C6H15P.2HNO3.2Pt/c1-3-7-13-11(5-1)9-10-12-6-2-4-8-14(12)13;4*1-4-7(5-2)6-3;2*2-1(3)4;;/h1-2,5-10H;4*4-6H2,1-3H3;2*(H,2,3,4);;/p+4. The summed E-state index contributed by atoms with van der Waals surface area (Å²) in [5, 5.41) is 29.8. The summed E-state index contributed by atoms with van der Waals surface area (Å²) in [6.45, 7) is 27.7. The Hall–Kier alpha value is -0.503. The van der Waals surface area contributed by atoms with Crippen molar-refractivity contribution in [2.75, 3.05) is 73.9 Å². The van der Waals surface area contributed by atoms with E-state index in [1.54, 1.807) is 0 Å². The van der Waals surface area contributed by atoms with E-state index < -0.39 is 10.2 Å². The summed E-state index contributed by atoms with van der Waals surface area (Å²) in [5.74, 6) is 0. The van der Waals surface area contributed by atoms with Gasteiger partial charge in [0, 0.05) is 42.1 Å². The fourth-order valence-corrected chi connectivity index (χ4v) is 10.8. The molecule has 0 unspecified atom stereocenters. The van der Waals surface area contributed by atoms with Crippen molar-refractivity contribution in [3.05, 3.63) is 77.5 Å². The summed E-state index contributed by atoms with van der Waals surface area (Å²) < 4.78 is 0. The van der Waals surface area contributed by atoms with Gasteiger partial charge in [0.1, 0.15) is 0 Å². The molecule has 0 atom stereocenters.